The van der Waals surface area contributed by atoms with E-state index in [0.717, 1.165) is 17.9 Å². The molecular weight excluding hydrogens is 366 g/mol. The quantitative estimate of drug-likeness (QED) is 0.625. The molecule has 1 N–H and O–H groups in total. The summed E-state index contributed by atoms with van der Waals surface area (Å²) < 4.78 is 4.76. The fourth-order valence-electron chi connectivity index (χ4n) is 3.06. The molecule has 0 aliphatic rings. The number of para-hydroxylation sites is 1. The van der Waals surface area contributed by atoms with Gasteiger partial charge in [0.15, 0.2) is 0 Å². The minimum atomic E-state index is -0.513. The molecule has 3 aromatic rings. The number of amides is 1. The van der Waals surface area contributed by atoms with Crippen LogP contribution in [0.4, 0.5) is 17.1 Å². The van der Waals surface area contributed by atoms with Crippen molar-refractivity contribution in [1.82, 2.24) is 4.98 Å². The number of hydrogen-bond acceptors (Lipinski definition) is 5. The first-order valence-electron chi connectivity index (χ1n) is 9.32. The Morgan fingerprint density at radius 3 is 2.48 bits per heavy atom. The monoisotopic (exact) mass is 389 g/mol. The number of aromatic nitrogens is 1. The summed E-state index contributed by atoms with van der Waals surface area (Å²) in [6, 6.07) is 18.4. The third kappa shape index (κ3) is 4.60. The lowest BCUT2D eigenvalue weighted by atomic mass is 10.1. The number of nitrogens with one attached hydrogen (secondary N) is 1. The van der Waals surface area contributed by atoms with Crippen molar-refractivity contribution in [3.63, 3.8) is 0 Å². The SMILES string of the molecule is CCN(c1ccc(C(=O)Nc2ccccc2C(=O)OC)nc1)c1cccc(C)c1. The third-order valence-electron chi connectivity index (χ3n) is 4.50. The number of anilines is 3. The summed E-state index contributed by atoms with van der Waals surface area (Å²) >= 11 is 0. The predicted octanol–water partition coefficient (Wildman–Crippen LogP) is 4.59. The summed E-state index contributed by atoms with van der Waals surface area (Å²) in [4.78, 5) is 30.9. The molecule has 0 radical (unpaired) electrons. The molecule has 1 aromatic heterocycles. The average molecular weight is 389 g/mol. The van der Waals surface area contributed by atoms with Crippen LogP contribution in [0.2, 0.25) is 0 Å². The van der Waals surface area contributed by atoms with Crippen molar-refractivity contribution in [2.24, 2.45) is 0 Å². The Kier molecular flexibility index (Phi) is 6.24. The van der Waals surface area contributed by atoms with E-state index < -0.39 is 11.9 Å². The summed E-state index contributed by atoms with van der Waals surface area (Å²) in [6.07, 6.45) is 1.67. The Hall–Kier alpha value is -3.67. The van der Waals surface area contributed by atoms with Crippen LogP contribution in [0.5, 0.6) is 0 Å². The molecule has 0 atom stereocenters. The third-order valence-corrected chi connectivity index (χ3v) is 4.50. The van der Waals surface area contributed by atoms with Crippen molar-refractivity contribution in [2.75, 3.05) is 23.9 Å². The second-order valence-corrected chi connectivity index (χ2v) is 6.48. The lowest BCUT2D eigenvalue weighted by Gasteiger charge is -2.23. The molecular formula is C23H23N3O3. The minimum absolute atomic E-state index is 0.258. The lowest BCUT2D eigenvalue weighted by Crippen LogP contribution is -2.19. The zero-order chi connectivity index (χ0) is 20.8. The summed E-state index contributed by atoms with van der Waals surface area (Å²) in [5.74, 6) is -0.910. The number of ether oxygens (including phenoxy) is 1. The number of pyridine rings is 1. The molecule has 0 fully saturated rings. The normalized spacial score (nSPS) is 10.3. The van der Waals surface area contributed by atoms with Gasteiger partial charge in [-0.15, -0.1) is 0 Å². The molecule has 148 valence electrons. The van der Waals surface area contributed by atoms with Crippen molar-refractivity contribution in [3.8, 4) is 0 Å². The number of benzene rings is 2. The molecule has 3 rings (SSSR count). The largest absolute Gasteiger partial charge is 0.465 e. The van der Waals surface area contributed by atoms with Crippen LogP contribution in [0.1, 0.15) is 33.3 Å². The van der Waals surface area contributed by atoms with Crippen LogP contribution in [-0.4, -0.2) is 30.5 Å². The molecule has 0 aliphatic heterocycles. The number of carbonyl (C=O) groups is 2. The van der Waals surface area contributed by atoms with Gasteiger partial charge in [0.05, 0.1) is 30.2 Å². The smallest absolute Gasteiger partial charge is 0.339 e. The van der Waals surface area contributed by atoms with Crippen LogP contribution < -0.4 is 10.2 Å². The van der Waals surface area contributed by atoms with Crippen molar-refractivity contribution in [3.05, 3.63) is 83.7 Å². The Morgan fingerprint density at radius 1 is 1.03 bits per heavy atom. The highest BCUT2D eigenvalue weighted by Gasteiger charge is 2.16. The van der Waals surface area contributed by atoms with Crippen LogP contribution in [0.3, 0.4) is 0 Å². The zero-order valence-electron chi connectivity index (χ0n) is 16.7. The average Bonchev–Trinajstić information content (AvgIpc) is 2.74. The summed E-state index contributed by atoms with van der Waals surface area (Å²) in [6.45, 7) is 4.88. The van der Waals surface area contributed by atoms with Gasteiger partial charge in [-0.25, -0.2) is 9.78 Å². The number of aryl methyl sites for hydroxylation is 1. The number of rotatable bonds is 6. The van der Waals surface area contributed by atoms with E-state index in [9.17, 15) is 9.59 Å². The Balaban J connectivity index is 1.80. The zero-order valence-corrected chi connectivity index (χ0v) is 16.7. The van der Waals surface area contributed by atoms with E-state index in [4.69, 9.17) is 4.74 Å². The van der Waals surface area contributed by atoms with Gasteiger partial charge in [0.2, 0.25) is 0 Å². The van der Waals surface area contributed by atoms with E-state index in [2.05, 4.69) is 41.2 Å². The first-order valence-corrected chi connectivity index (χ1v) is 9.32. The molecule has 6 nitrogen and oxygen atoms in total. The van der Waals surface area contributed by atoms with Gasteiger partial charge in [0, 0.05) is 12.2 Å². The fourth-order valence-corrected chi connectivity index (χ4v) is 3.06. The van der Waals surface area contributed by atoms with Crippen LogP contribution in [0.15, 0.2) is 66.9 Å². The number of methoxy groups -OCH3 is 1. The number of hydrogen-bond donors (Lipinski definition) is 1. The Bertz CT molecular complexity index is 1020. The summed E-state index contributed by atoms with van der Waals surface area (Å²) in [5, 5.41) is 2.73. The van der Waals surface area contributed by atoms with Gasteiger partial charge in [-0.2, -0.15) is 0 Å². The molecule has 0 aliphatic carbocycles. The highest BCUT2D eigenvalue weighted by Crippen LogP contribution is 2.25. The maximum atomic E-state index is 12.6. The molecule has 1 heterocycles. The van der Waals surface area contributed by atoms with Crippen LogP contribution >= 0.6 is 0 Å². The van der Waals surface area contributed by atoms with E-state index in [1.165, 1.54) is 12.7 Å². The first kappa shape index (κ1) is 20.1. The standard InChI is InChI=1S/C23H23N3O3/c1-4-26(17-9-7-8-16(2)14-17)18-12-13-21(24-15-18)22(27)25-20-11-6-5-10-19(20)23(28)29-3/h5-15H,4H2,1-3H3,(H,25,27). The molecule has 29 heavy (non-hydrogen) atoms. The fraction of sp³-hybridized carbons (Fsp3) is 0.174. The topological polar surface area (TPSA) is 71.5 Å². The second kappa shape index (κ2) is 9.01. The number of nitrogens with zero attached hydrogens (tertiary/aromatic N) is 2. The van der Waals surface area contributed by atoms with Gasteiger partial charge in [0.25, 0.3) is 5.91 Å². The molecule has 2 aromatic carbocycles. The highest BCUT2D eigenvalue weighted by atomic mass is 16.5. The molecule has 6 heteroatoms. The second-order valence-electron chi connectivity index (χ2n) is 6.48. The minimum Gasteiger partial charge on any atom is -0.465 e. The van der Waals surface area contributed by atoms with Gasteiger partial charge in [-0.1, -0.05) is 24.3 Å². The van der Waals surface area contributed by atoms with E-state index in [1.807, 2.05) is 18.2 Å². The van der Waals surface area contributed by atoms with E-state index in [-0.39, 0.29) is 11.3 Å². The van der Waals surface area contributed by atoms with Gasteiger partial charge in [0.1, 0.15) is 5.69 Å². The lowest BCUT2D eigenvalue weighted by molar-refractivity contribution is 0.0602. The maximum absolute atomic E-state index is 12.6. The summed E-state index contributed by atoms with van der Waals surface area (Å²) in [7, 11) is 1.30. The molecule has 0 bridgehead atoms. The Labute approximate surface area is 170 Å². The van der Waals surface area contributed by atoms with E-state index in [0.29, 0.717) is 5.69 Å². The molecule has 1 amide bonds. The summed E-state index contributed by atoms with van der Waals surface area (Å²) in [5.41, 5.74) is 4.06. The highest BCUT2D eigenvalue weighted by molar-refractivity contribution is 6.07. The van der Waals surface area contributed by atoms with Crippen LogP contribution in [-0.2, 0) is 4.74 Å². The molecule has 0 saturated carbocycles. The van der Waals surface area contributed by atoms with E-state index >= 15 is 0 Å². The van der Waals surface area contributed by atoms with Crippen LogP contribution in [0.25, 0.3) is 0 Å². The maximum Gasteiger partial charge on any atom is 0.339 e. The van der Waals surface area contributed by atoms with Crippen molar-refractivity contribution >= 4 is 28.9 Å². The van der Waals surface area contributed by atoms with Crippen molar-refractivity contribution in [2.45, 2.75) is 13.8 Å². The molecule has 0 spiro atoms. The van der Waals surface area contributed by atoms with Gasteiger partial charge in [-0.3, -0.25) is 4.79 Å². The van der Waals surface area contributed by atoms with Crippen LogP contribution in [0, 0.1) is 6.92 Å². The van der Waals surface area contributed by atoms with Crippen molar-refractivity contribution in [1.29, 1.82) is 0 Å². The van der Waals surface area contributed by atoms with Crippen molar-refractivity contribution < 1.29 is 14.3 Å². The first-order chi connectivity index (χ1) is 14.0. The predicted molar refractivity (Wildman–Crippen MR) is 114 cm³/mol. The van der Waals surface area contributed by atoms with Gasteiger partial charge in [-0.05, 0) is 55.8 Å². The molecule has 0 saturated heterocycles. The number of esters is 1. The molecule has 0 unspecified atom stereocenters. The number of carbonyl (C=O) groups excluding carboxylic acids is 2. The Morgan fingerprint density at radius 2 is 1.83 bits per heavy atom. The van der Waals surface area contributed by atoms with Gasteiger partial charge < -0.3 is 15.0 Å². The van der Waals surface area contributed by atoms with Gasteiger partial charge >= 0.3 is 5.97 Å². The van der Waals surface area contributed by atoms with E-state index in [1.54, 1.807) is 36.5 Å².